The molecular weight excluding hydrogens is 208 g/mol. The van der Waals surface area contributed by atoms with E-state index in [2.05, 4.69) is 53.5 Å². The zero-order valence-electron chi connectivity index (χ0n) is 13.1. The third-order valence-electron chi connectivity index (χ3n) is 4.08. The molecule has 0 aromatic heterocycles. The quantitative estimate of drug-likeness (QED) is 0.692. The van der Waals surface area contributed by atoms with E-state index >= 15 is 0 Å². The van der Waals surface area contributed by atoms with Crippen LogP contribution in [-0.2, 0) is 0 Å². The van der Waals surface area contributed by atoms with Crippen LogP contribution in [0.5, 0.6) is 0 Å². The van der Waals surface area contributed by atoms with E-state index in [9.17, 15) is 0 Å². The lowest BCUT2D eigenvalue weighted by Crippen LogP contribution is -2.39. The molecule has 0 aliphatic carbocycles. The maximum atomic E-state index is 5.74. The summed E-state index contributed by atoms with van der Waals surface area (Å²) >= 11 is 0. The second-order valence-electron chi connectivity index (χ2n) is 7.35. The van der Waals surface area contributed by atoms with E-state index in [1.807, 2.05) is 0 Å². The second kappa shape index (κ2) is 6.75. The maximum Gasteiger partial charge on any atom is 0.0112 e. The second-order valence-corrected chi connectivity index (χ2v) is 7.35. The number of rotatable bonds is 7. The van der Waals surface area contributed by atoms with Crippen molar-refractivity contribution in [2.75, 3.05) is 20.1 Å². The van der Waals surface area contributed by atoms with Gasteiger partial charge in [0.1, 0.15) is 0 Å². The molecule has 0 amide bonds. The van der Waals surface area contributed by atoms with Gasteiger partial charge in [-0.2, -0.15) is 0 Å². The van der Waals surface area contributed by atoms with Crippen molar-refractivity contribution in [3.05, 3.63) is 0 Å². The zero-order chi connectivity index (χ0) is 13.7. The molecule has 0 aromatic carbocycles. The minimum atomic E-state index is 0.314. The van der Waals surface area contributed by atoms with Gasteiger partial charge in [0, 0.05) is 6.04 Å². The monoisotopic (exact) mass is 242 g/mol. The molecular formula is C15H34N2. The average Bonchev–Trinajstić information content (AvgIpc) is 2.21. The van der Waals surface area contributed by atoms with Gasteiger partial charge in [0.25, 0.3) is 0 Å². The summed E-state index contributed by atoms with van der Waals surface area (Å²) in [5.74, 6) is 0. The molecule has 1 unspecified atom stereocenters. The fraction of sp³-hybridized carbons (Fsp3) is 1.00. The summed E-state index contributed by atoms with van der Waals surface area (Å²) in [6, 6.07) is 0.630. The molecule has 2 nitrogen and oxygen atoms in total. The number of hydrogen-bond acceptors (Lipinski definition) is 2. The predicted octanol–water partition coefficient (Wildman–Crippen LogP) is 3.51. The molecule has 2 N–H and O–H groups in total. The van der Waals surface area contributed by atoms with Crippen LogP contribution in [0.1, 0.15) is 60.8 Å². The molecule has 0 bridgehead atoms. The first-order valence-electron chi connectivity index (χ1n) is 7.00. The highest BCUT2D eigenvalue weighted by atomic mass is 15.1. The van der Waals surface area contributed by atoms with E-state index in [4.69, 9.17) is 5.73 Å². The Bertz CT molecular complexity index is 203. The normalized spacial score (nSPS) is 15.4. The third-order valence-corrected chi connectivity index (χ3v) is 4.08. The number of nitrogens with zero attached hydrogens (tertiary/aromatic N) is 1. The molecule has 17 heavy (non-hydrogen) atoms. The van der Waals surface area contributed by atoms with Crippen LogP contribution in [0.2, 0.25) is 0 Å². The SMILES string of the molecule is CC(N(C)CCCCC(C)(C)CN)C(C)(C)C. The Hall–Kier alpha value is -0.0800. The van der Waals surface area contributed by atoms with Gasteiger partial charge in [-0.05, 0) is 50.7 Å². The van der Waals surface area contributed by atoms with Crippen LogP contribution in [-0.4, -0.2) is 31.1 Å². The Morgan fingerprint density at radius 3 is 2.00 bits per heavy atom. The molecule has 2 heteroatoms. The van der Waals surface area contributed by atoms with Crippen molar-refractivity contribution in [3.63, 3.8) is 0 Å². The van der Waals surface area contributed by atoms with Gasteiger partial charge in [0.2, 0.25) is 0 Å². The van der Waals surface area contributed by atoms with E-state index in [0.717, 1.165) is 6.54 Å². The summed E-state index contributed by atoms with van der Waals surface area (Å²) in [6.07, 6.45) is 3.80. The van der Waals surface area contributed by atoms with Crippen molar-refractivity contribution in [2.45, 2.75) is 66.8 Å². The van der Waals surface area contributed by atoms with Crippen molar-refractivity contribution < 1.29 is 0 Å². The van der Waals surface area contributed by atoms with Gasteiger partial charge in [0.15, 0.2) is 0 Å². The highest BCUT2D eigenvalue weighted by Crippen LogP contribution is 2.24. The van der Waals surface area contributed by atoms with Crippen molar-refractivity contribution in [2.24, 2.45) is 16.6 Å². The molecule has 1 atom stereocenters. The predicted molar refractivity (Wildman–Crippen MR) is 78.2 cm³/mol. The van der Waals surface area contributed by atoms with E-state index in [1.165, 1.54) is 25.8 Å². The van der Waals surface area contributed by atoms with Crippen LogP contribution < -0.4 is 5.73 Å². The van der Waals surface area contributed by atoms with E-state index in [-0.39, 0.29) is 0 Å². The highest BCUT2D eigenvalue weighted by Gasteiger charge is 2.23. The topological polar surface area (TPSA) is 29.3 Å². The molecule has 0 aromatic rings. The summed E-state index contributed by atoms with van der Waals surface area (Å²) in [5.41, 5.74) is 6.42. The Kier molecular flexibility index (Phi) is 6.71. The fourth-order valence-corrected chi connectivity index (χ4v) is 1.92. The van der Waals surface area contributed by atoms with Crippen molar-refractivity contribution in [3.8, 4) is 0 Å². The van der Waals surface area contributed by atoms with Gasteiger partial charge < -0.3 is 10.6 Å². The van der Waals surface area contributed by atoms with Crippen LogP contribution in [0.3, 0.4) is 0 Å². The first-order valence-corrected chi connectivity index (χ1v) is 7.00. The summed E-state index contributed by atoms with van der Waals surface area (Å²) in [6.45, 7) is 15.8. The van der Waals surface area contributed by atoms with E-state index < -0.39 is 0 Å². The lowest BCUT2D eigenvalue weighted by molar-refractivity contribution is 0.137. The van der Waals surface area contributed by atoms with E-state index in [0.29, 0.717) is 16.9 Å². The molecule has 0 radical (unpaired) electrons. The lowest BCUT2D eigenvalue weighted by Gasteiger charge is -2.35. The van der Waals surface area contributed by atoms with Gasteiger partial charge in [-0.1, -0.05) is 41.0 Å². The van der Waals surface area contributed by atoms with Crippen molar-refractivity contribution >= 4 is 0 Å². The molecule has 104 valence electrons. The Morgan fingerprint density at radius 2 is 1.59 bits per heavy atom. The van der Waals surface area contributed by atoms with Crippen LogP contribution in [0, 0.1) is 10.8 Å². The van der Waals surface area contributed by atoms with Gasteiger partial charge >= 0.3 is 0 Å². The molecule has 0 spiro atoms. The molecule has 0 fully saturated rings. The average molecular weight is 242 g/mol. The molecule has 0 saturated carbocycles. The van der Waals surface area contributed by atoms with Crippen LogP contribution in [0.25, 0.3) is 0 Å². The summed E-state index contributed by atoms with van der Waals surface area (Å²) in [4.78, 5) is 2.48. The third kappa shape index (κ3) is 7.05. The van der Waals surface area contributed by atoms with E-state index in [1.54, 1.807) is 0 Å². The van der Waals surface area contributed by atoms with Gasteiger partial charge in [-0.25, -0.2) is 0 Å². The Labute approximate surface area is 109 Å². The Balaban J connectivity index is 3.83. The maximum absolute atomic E-state index is 5.74. The van der Waals surface area contributed by atoms with Gasteiger partial charge in [-0.15, -0.1) is 0 Å². The highest BCUT2D eigenvalue weighted by molar-refractivity contribution is 4.77. The summed E-state index contributed by atoms with van der Waals surface area (Å²) in [5, 5.41) is 0. The molecule has 0 heterocycles. The minimum Gasteiger partial charge on any atom is -0.330 e. The molecule has 0 rings (SSSR count). The van der Waals surface area contributed by atoms with Crippen LogP contribution in [0.4, 0.5) is 0 Å². The standard InChI is InChI=1S/C15H34N2/c1-13(14(2,3)4)17(7)11-9-8-10-15(5,6)12-16/h13H,8-12,16H2,1-7H3. The van der Waals surface area contributed by atoms with Gasteiger partial charge in [0.05, 0.1) is 0 Å². The first-order chi connectivity index (χ1) is 7.60. The summed E-state index contributed by atoms with van der Waals surface area (Å²) < 4.78 is 0. The largest absolute Gasteiger partial charge is 0.330 e. The van der Waals surface area contributed by atoms with Crippen LogP contribution in [0.15, 0.2) is 0 Å². The first kappa shape index (κ1) is 16.9. The molecule has 0 aliphatic rings. The zero-order valence-corrected chi connectivity index (χ0v) is 13.1. The lowest BCUT2D eigenvalue weighted by atomic mass is 9.86. The molecule has 0 aliphatic heterocycles. The van der Waals surface area contributed by atoms with Gasteiger partial charge in [-0.3, -0.25) is 0 Å². The minimum absolute atomic E-state index is 0.314. The fourth-order valence-electron chi connectivity index (χ4n) is 1.92. The summed E-state index contributed by atoms with van der Waals surface area (Å²) in [7, 11) is 2.24. The number of unbranched alkanes of at least 4 members (excludes halogenated alkanes) is 1. The molecule has 0 saturated heterocycles. The smallest absolute Gasteiger partial charge is 0.0112 e. The van der Waals surface area contributed by atoms with Crippen LogP contribution >= 0.6 is 0 Å². The van der Waals surface area contributed by atoms with Crippen molar-refractivity contribution in [1.82, 2.24) is 4.90 Å². The Morgan fingerprint density at radius 1 is 1.06 bits per heavy atom. The van der Waals surface area contributed by atoms with Crippen molar-refractivity contribution in [1.29, 1.82) is 0 Å². The number of hydrogen-bond donors (Lipinski definition) is 1. The number of nitrogens with two attached hydrogens (primary N) is 1.